The van der Waals surface area contributed by atoms with Crippen LogP contribution in [0.1, 0.15) is 19.3 Å². The molecule has 6 nitrogen and oxygen atoms in total. The summed E-state index contributed by atoms with van der Waals surface area (Å²) in [6, 6.07) is 0.130. The van der Waals surface area contributed by atoms with E-state index in [2.05, 4.69) is 10.1 Å². The minimum absolute atomic E-state index is 0.0222. The molecular weight excluding hydrogens is 222 g/mol. The fraction of sp³-hybridized carbons (Fsp3) is 0.818. The molecule has 17 heavy (non-hydrogen) atoms. The van der Waals surface area contributed by atoms with Crippen molar-refractivity contribution >= 4 is 12.1 Å². The quantitative estimate of drug-likeness (QED) is 0.732. The van der Waals surface area contributed by atoms with Crippen molar-refractivity contribution < 1.29 is 14.3 Å². The molecule has 1 unspecified atom stereocenters. The number of nitrogens with one attached hydrogen (secondary N) is 1. The minimum atomic E-state index is -0.425. The average molecular weight is 241 g/mol. The molecule has 2 aliphatic rings. The van der Waals surface area contributed by atoms with E-state index in [-0.39, 0.29) is 12.1 Å². The van der Waals surface area contributed by atoms with Gasteiger partial charge in [-0.05, 0) is 19.3 Å². The number of carbonyl (C=O) groups is 2. The molecular formula is C11H19N3O3. The lowest BCUT2D eigenvalue weighted by molar-refractivity contribution is 0.162. The van der Waals surface area contributed by atoms with Crippen LogP contribution in [0.5, 0.6) is 0 Å². The molecule has 0 aliphatic carbocycles. The van der Waals surface area contributed by atoms with E-state index in [1.807, 2.05) is 9.80 Å². The van der Waals surface area contributed by atoms with Crippen molar-refractivity contribution in [2.45, 2.75) is 25.3 Å². The monoisotopic (exact) mass is 241 g/mol. The number of urea groups is 1. The smallest absolute Gasteiger partial charge is 0.407 e. The number of hydrogen-bond acceptors (Lipinski definition) is 3. The van der Waals surface area contributed by atoms with Gasteiger partial charge in [0.15, 0.2) is 0 Å². The number of carbonyl (C=O) groups excluding carboxylic acids is 2. The minimum Gasteiger partial charge on any atom is -0.453 e. The zero-order chi connectivity index (χ0) is 12.3. The first kappa shape index (κ1) is 12.0. The van der Waals surface area contributed by atoms with Crippen LogP contribution in [0.3, 0.4) is 0 Å². The van der Waals surface area contributed by atoms with Gasteiger partial charge in [0.05, 0.1) is 13.2 Å². The number of alkyl carbamates (subject to hydrolysis) is 1. The molecule has 2 rings (SSSR count). The second-order valence-electron chi connectivity index (χ2n) is 4.54. The maximum absolute atomic E-state index is 12.1. The van der Waals surface area contributed by atoms with E-state index in [9.17, 15) is 9.59 Å². The summed E-state index contributed by atoms with van der Waals surface area (Å²) in [6.45, 7) is 3.03. The first-order chi connectivity index (χ1) is 8.20. The summed E-state index contributed by atoms with van der Waals surface area (Å²) < 4.78 is 4.54. The molecule has 2 heterocycles. The fourth-order valence-corrected chi connectivity index (χ4v) is 2.39. The van der Waals surface area contributed by atoms with Crippen molar-refractivity contribution in [2.24, 2.45) is 0 Å². The van der Waals surface area contributed by atoms with E-state index in [1.165, 1.54) is 7.11 Å². The normalized spacial score (nSPS) is 23.9. The van der Waals surface area contributed by atoms with Crippen LogP contribution < -0.4 is 5.32 Å². The van der Waals surface area contributed by atoms with E-state index in [0.29, 0.717) is 13.1 Å². The highest BCUT2D eigenvalue weighted by Gasteiger charge is 2.31. The molecule has 96 valence electrons. The summed E-state index contributed by atoms with van der Waals surface area (Å²) in [5.74, 6) is 0. The molecule has 0 aromatic carbocycles. The molecule has 2 fully saturated rings. The van der Waals surface area contributed by atoms with Gasteiger partial charge in [0.2, 0.25) is 0 Å². The molecule has 0 aromatic rings. The summed E-state index contributed by atoms with van der Waals surface area (Å²) in [4.78, 5) is 26.8. The summed E-state index contributed by atoms with van der Waals surface area (Å²) >= 11 is 0. The second kappa shape index (κ2) is 5.25. The number of likely N-dealkylation sites (tertiary alicyclic amines) is 2. The van der Waals surface area contributed by atoms with Crippen LogP contribution in [0.15, 0.2) is 0 Å². The molecule has 0 spiro atoms. The molecule has 2 aliphatic heterocycles. The maximum Gasteiger partial charge on any atom is 0.407 e. The largest absolute Gasteiger partial charge is 0.453 e. The van der Waals surface area contributed by atoms with Gasteiger partial charge in [-0.2, -0.15) is 0 Å². The van der Waals surface area contributed by atoms with Gasteiger partial charge >= 0.3 is 12.1 Å². The third-order valence-corrected chi connectivity index (χ3v) is 3.34. The number of rotatable bonds is 1. The third kappa shape index (κ3) is 2.81. The van der Waals surface area contributed by atoms with Crippen LogP contribution in [0, 0.1) is 0 Å². The van der Waals surface area contributed by atoms with Gasteiger partial charge in [-0.15, -0.1) is 0 Å². The van der Waals surface area contributed by atoms with Crippen LogP contribution in [-0.4, -0.2) is 61.3 Å². The molecule has 0 saturated carbocycles. The SMILES string of the molecule is COC(=O)NC1CCN(C(=O)N2CCCC2)C1. The number of nitrogens with zero attached hydrogens (tertiary/aromatic N) is 2. The van der Waals surface area contributed by atoms with Gasteiger partial charge in [0, 0.05) is 26.2 Å². The number of amides is 3. The molecule has 6 heteroatoms. The molecule has 3 amide bonds. The van der Waals surface area contributed by atoms with E-state index in [0.717, 1.165) is 32.4 Å². The maximum atomic E-state index is 12.1. The van der Waals surface area contributed by atoms with E-state index < -0.39 is 6.09 Å². The van der Waals surface area contributed by atoms with Crippen molar-refractivity contribution in [1.29, 1.82) is 0 Å². The van der Waals surface area contributed by atoms with Crippen molar-refractivity contribution in [3.05, 3.63) is 0 Å². The van der Waals surface area contributed by atoms with E-state index in [4.69, 9.17) is 0 Å². The molecule has 0 bridgehead atoms. The zero-order valence-corrected chi connectivity index (χ0v) is 10.1. The summed E-state index contributed by atoms with van der Waals surface area (Å²) in [6.07, 6.45) is 2.58. The lowest BCUT2D eigenvalue weighted by Crippen LogP contribution is -2.43. The Morgan fingerprint density at radius 2 is 1.88 bits per heavy atom. The summed E-state index contributed by atoms with van der Waals surface area (Å²) in [7, 11) is 1.34. The second-order valence-corrected chi connectivity index (χ2v) is 4.54. The Balaban J connectivity index is 1.80. The predicted octanol–water partition coefficient (Wildman–Crippen LogP) is 0.632. The highest BCUT2D eigenvalue weighted by Crippen LogP contribution is 2.15. The summed E-state index contributed by atoms with van der Waals surface area (Å²) in [5.41, 5.74) is 0. The Labute approximate surface area is 101 Å². The van der Waals surface area contributed by atoms with Crippen molar-refractivity contribution in [2.75, 3.05) is 33.3 Å². The lowest BCUT2D eigenvalue weighted by atomic mass is 10.3. The highest BCUT2D eigenvalue weighted by molar-refractivity contribution is 5.75. The lowest BCUT2D eigenvalue weighted by Gasteiger charge is -2.23. The average Bonchev–Trinajstić information content (AvgIpc) is 2.98. The van der Waals surface area contributed by atoms with Crippen molar-refractivity contribution in [3.8, 4) is 0 Å². The van der Waals surface area contributed by atoms with Crippen LogP contribution in [0.25, 0.3) is 0 Å². The Morgan fingerprint density at radius 3 is 2.53 bits per heavy atom. The Kier molecular flexibility index (Phi) is 3.71. The Morgan fingerprint density at radius 1 is 1.18 bits per heavy atom. The molecule has 0 aromatic heterocycles. The topological polar surface area (TPSA) is 61.9 Å². The van der Waals surface area contributed by atoms with Crippen LogP contribution in [0.4, 0.5) is 9.59 Å². The molecule has 2 saturated heterocycles. The van der Waals surface area contributed by atoms with Gasteiger partial charge in [0.1, 0.15) is 0 Å². The highest BCUT2D eigenvalue weighted by atomic mass is 16.5. The third-order valence-electron chi connectivity index (χ3n) is 3.34. The van der Waals surface area contributed by atoms with Gasteiger partial charge in [-0.25, -0.2) is 9.59 Å². The Hall–Kier alpha value is -1.46. The van der Waals surface area contributed by atoms with Crippen molar-refractivity contribution in [1.82, 2.24) is 15.1 Å². The number of ether oxygens (including phenoxy) is 1. The fourth-order valence-electron chi connectivity index (χ4n) is 2.39. The van der Waals surface area contributed by atoms with E-state index >= 15 is 0 Å². The van der Waals surface area contributed by atoms with Gasteiger partial charge in [0.25, 0.3) is 0 Å². The van der Waals surface area contributed by atoms with Crippen molar-refractivity contribution in [3.63, 3.8) is 0 Å². The number of methoxy groups -OCH3 is 1. The first-order valence-electron chi connectivity index (χ1n) is 6.09. The molecule has 0 radical (unpaired) electrons. The number of hydrogen-bond donors (Lipinski definition) is 1. The van der Waals surface area contributed by atoms with Crippen LogP contribution in [0.2, 0.25) is 0 Å². The van der Waals surface area contributed by atoms with Crippen LogP contribution >= 0.6 is 0 Å². The first-order valence-corrected chi connectivity index (χ1v) is 6.09. The van der Waals surface area contributed by atoms with E-state index in [1.54, 1.807) is 0 Å². The van der Waals surface area contributed by atoms with Gasteiger partial charge < -0.3 is 19.9 Å². The predicted molar refractivity (Wildman–Crippen MR) is 61.7 cm³/mol. The standard InChI is InChI=1S/C11H19N3O3/c1-17-10(15)12-9-4-7-14(8-9)11(16)13-5-2-3-6-13/h9H,2-8H2,1H3,(H,12,15). The van der Waals surface area contributed by atoms with Gasteiger partial charge in [-0.1, -0.05) is 0 Å². The molecule has 1 atom stereocenters. The molecule has 1 N–H and O–H groups in total. The summed E-state index contributed by atoms with van der Waals surface area (Å²) in [5, 5.41) is 2.73. The zero-order valence-electron chi connectivity index (χ0n) is 10.1. The van der Waals surface area contributed by atoms with Gasteiger partial charge in [-0.3, -0.25) is 0 Å². The Bertz CT molecular complexity index is 302. The van der Waals surface area contributed by atoms with Crippen LogP contribution in [-0.2, 0) is 4.74 Å².